The van der Waals surface area contributed by atoms with Gasteiger partial charge in [0.25, 0.3) is 23.5 Å². The molecular weight excluding hydrogens is 494 g/mol. The molecule has 1 aromatic carbocycles. The maximum Gasteiger partial charge on any atom is 0.292 e. The summed E-state index contributed by atoms with van der Waals surface area (Å²) in [5, 5.41) is 18.1. The third-order valence-electron chi connectivity index (χ3n) is 5.16. The average molecular weight is 520 g/mol. The molecule has 0 radical (unpaired) electrons. The molecule has 0 spiro atoms. The third kappa shape index (κ3) is 6.44. The number of hydrogen-bond acceptors (Lipinski definition) is 11. The van der Waals surface area contributed by atoms with E-state index in [0.29, 0.717) is 18.1 Å². The van der Waals surface area contributed by atoms with Gasteiger partial charge in [-0.2, -0.15) is 4.98 Å². The van der Waals surface area contributed by atoms with Crippen molar-refractivity contribution in [2.45, 2.75) is 20.0 Å². The smallest absolute Gasteiger partial charge is 0.292 e. The summed E-state index contributed by atoms with van der Waals surface area (Å²) >= 11 is 0. The first-order valence-electron chi connectivity index (χ1n) is 11.6. The van der Waals surface area contributed by atoms with Crippen LogP contribution in [0.4, 0.5) is 0 Å². The number of carbonyl (C=O) groups excluding carboxylic acids is 2. The highest BCUT2D eigenvalue weighted by atomic mass is 16.5. The Hall–Kier alpha value is -4.91. The molecule has 3 aromatic rings. The van der Waals surface area contributed by atoms with E-state index < -0.39 is 17.9 Å². The van der Waals surface area contributed by atoms with Crippen molar-refractivity contribution >= 4 is 17.6 Å². The van der Waals surface area contributed by atoms with Crippen molar-refractivity contribution in [1.82, 2.24) is 30.7 Å². The average Bonchev–Trinajstić information content (AvgIpc) is 3.43. The quantitative estimate of drug-likeness (QED) is 0.400. The van der Waals surface area contributed by atoms with Gasteiger partial charge in [0.15, 0.2) is 0 Å². The van der Waals surface area contributed by atoms with Gasteiger partial charge in [0.1, 0.15) is 29.1 Å². The Bertz CT molecular complexity index is 1410. The Balaban J connectivity index is 1.53. The van der Waals surface area contributed by atoms with Crippen LogP contribution in [0.5, 0.6) is 17.4 Å². The molecule has 13 heteroatoms. The van der Waals surface area contributed by atoms with Gasteiger partial charge in [-0.25, -0.2) is 9.97 Å². The highest BCUT2D eigenvalue weighted by Crippen LogP contribution is 2.28. The Morgan fingerprint density at radius 3 is 2.63 bits per heavy atom. The van der Waals surface area contributed by atoms with Gasteiger partial charge in [-0.15, -0.1) is 0 Å². The number of amidine groups is 1. The fourth-order valence-corrected chi connectivity index (χ4v) is 3.16. The molecule has 0 unspecified atom stereocenters. The number of dihydropyridines is 1. The van der Waals surface area contributed by atoms with Crippen LogP contribution < -0.4 is 20.1 Å². The fourth-order valence-electron chi connectivity index (χ4n) is 3.16. The van der Waals surface area contributed by atoms with E-state index in [4.69, 9.17) is 14.0 Å². The number of carbonyl (C=O) groups is 2. The maximum atomic E-state index is 13.0. The van der Waals surface area contributed by atoms with Gasteiger partial charge in [0.2, 0.25) is 5.88 Å². The molecule has 1 aliphatic rings. The molecule has 38 heavy (non-hydrogen) atoms. The van der Waals surface area contributed by atoms with Gasteiger partial charge < -0.3 is 29.7 Å². The first kappa shape index (κ1) is 26.2. The lowest BCUT2D eigenvalue weighted by molar-refractivity contribution is 0.0947. The zero-order chi connectivity index (χ0) is 27.1. The SMILES string of the molecule is C/C=C1\C=CC(NC(=O)c2cc(Oc3cnc(-c4nc(C(=O)NC)no4)cn3)cc(O[C@@H](C)CO)c2)=NC1. The number of benzene rings is 1. The number of aliphatic imine (C=N–C) groups is 1. The van der Waals surface area contributed by atoms with E-state index in [1.54, 1.807) is 19.1 Å². The lowest BCUT2D eigenvalue weighted by Crippen LogP contribution is -2.30. The van der Waals surface area contributed by atoms with Crippen molar-refractivity contribution in [3.8, 4) is 29.0 Å². The second-order valence-corrected chi connectivity index (χ2v) is 8.00. The number of allylic oxidation sites excluding steroid dienone is 1. The molecule has 4 rings (SSSR count). The Labute approximate surface area is 217 Å². The van der Waals surface area contributed by atoms with Crippen LogP contribution in [-0.2, 0) is 0 Å². The molecule has 3 heterocycles. The number of aliphatic hydroxyl groups excluding tert-OH is 1. The number of nitrogens with one attached hydrogen (secondary N) is 2. The molecule has 1 aliphatic heterocycles. The second kappa shape index (κ2) is 11.9. The Morgan fingerprint density at radius 2 is 1.97 bits per heavy atom. The first-order valence-corrected chi connectivity index (χ1v) is 11.6. The van der Waals surface area contributed by atoms with Crippen LogP contribution >= 0.6 is 0 Å². The summed E-state index contributed by atoms with van der Waals surface area (Å²) in [6, 6.07) is 4.61. The zero-order valence-electron chi connectivity index (χ0n) is 20.8. The standard InChI is InChI=1S/C25H25N7O6/c1-4-15-5-6-20(28-10-15)30-23(34)16-7-17(36-14(2)13-33)9-18(8-16)37-21-12-27-19(11-29-21)25-31-22(32-38-25)24(35)26-3/h4-9,11-12,14,33H,10,13H2,1-3H3,(H,26,35)(H,28,30,34)/b15-4+/t14-/m0/s1. The van der Waals surface area contributed by atoms with Gasteiger partial charge in [0, 0.05) is 18.7 Å². The minimum Gasteiger partial charge on any atom is -0.488 e. The number of hydrogen-bond donors (Lipinski definition) is 3. The lowest BCUT2D eigenvalue weighted by atomic mass is 10.1. The zero-order valence-corrected chi connectivity index (χ0v) is 20.8. The number of ether oxygens (including phenoxy) is 2. The Morgan fingerprint density at radius 1 is 1.16 bits per heavy atom. The predicted octanol–water partition coefficient (Wildman–Crippen LogP) is 2.08. The number of amides is 2. The molecule has 196 valence electrons. The Kier molecular flexibility index (Phi) is 8.18. The van der Waals surface area contributed by atoms with Gasteiger partial charge in [-0.05, 0) is 37.6 Å². The molecule has 0 saturated carbocycles. The fraction of sp³-hybridized carbons (Fsp3) is 0.240. The molecule has 0 fully saturated rings. The molecule has 0 saturated heterocycles. The number of aliphatic hydroxyl groups is 1. The van der Waals surface area contributed by atoms with Gasteiger partial charge >= 0.3 is 0 Å². The van der Waals surface area contributed by atoms with E-state index in [-0.39, 0.29) is 41.2 Å². The topological polar surface area (TPSA) is 174 Å². The molecule has 0 aliphatic carbocycles. The molecule has 0 bridgehead atoms. The maximum absolute atomic E-state index is 13.0. The molecule has 13 nitrogen and oxygen atoms in total. The van der Waals surface area contributed by atoms with Crippen molar-refractivity contribution in [2.75, 3.05) is 20.2 Å². The highest BCUT2D eigenvalue weighted by molar-refractivity contribution is 6.11. The van der Waals surface area contributed by atoms with E-state index in [2.05, 4.69) is 35.7 Å². The van der Waals surface area contributed by atoms with Crippen molar-refractivity contribution in [3.63, 3.8) is 0 Å². The van der Waals surface area contributed by atoms with E-state index >= 15 is 0 Å². The van der Waals surface area contributed by atoms with E-state index in [1.165, 1.54) is 31.6 Å². The van der Waals surface area contributed by atoms with Crippen LogP contribution in [0.25, 0.3) is 11.6 Å². The second-order valence-electron chi connectivity index (χ2n) is 8.00. The van der Waals surface area contributed by atoms with Crippen LogP contribution in [0.1, 0.15) is 34.8 Å². The summed E-state index contributed by atoms with van der Waals surface area (Å²) in [5.41, 5.74) is 1.52. The molecule has 2 aromatic heterocycles. The number of aromatic nitrogens is 4. The summed E-state index contributed by atoms with van der Waals surface area (Å²) in [5.74, 6) is 0.0451. The monoisotopic (exact) mass is 519 g/mol. The van der Waals surface area contributed by atoms with Crippen molar-refractivity contribution in [3.05, 3.63) is 65.8 Å². The minimum atomic E-state index is -0.515. The van der Waals surface area contributed by atoms with Gasteiger partial charge in [-0.3, -0.25) is 14.6 Å². The van der Waals surface area contributed by atoms with Crippen LogP contribution in [-0.4, -0.2) is 69.2 Å². The van der Waals surface area contributed by atoms with Crippen LogP contribution in [0.3, 0.4) is 0 Å². The summed E-state index contributed by atoms with van der Waals surface area (Å²) in [6.07, 6.45) is 7.70. The minimum absolute atomic E-state index is 0.0104. The van der Waals surface area contributed by atoms with Crippen LogP contribution in [0.2, 0.25) is 0 Å². The first-order chi connectivity index (χ1) is 18.4. The summed E-state index contributed by atoms with van der Waals surface area (Å²) in [6.45, 7) is 3.86. The van der Waals surface area contributed by atoms with Crippen molar-refractivity contribution in [1.29, 1.82) is 0 Å². The van der Waals surface area contributed by atoms with E-state index in [1.807, 2.05) is 19.1 Å². The molecular formula is C25H25N7O6. The van der Waals surface area contributed by atoms with E-state index in [9.17, 15) is 14.7 Å². The summed E-state index contributed by atoms with van der Waals surface area (Å²) < 4.78 is 16.6. The summed E-state index contributed by atoms with van der Waals surface area (Å²) in [4.78, 5) is 41.3. The predicted molar refractivity (Wildman–Crippen MR) is 135 cm³/mol. The van der Waals surface area contributed by atoms with Gasteiger partial charge in [-0.1, -0.05) is 17.3 Å². The highest BCUT2D eigenvalue weighted by Gasteiger charge is 2.17. The number of rotatable bonds is 8. The summed E-state index contributed by atoms with van der Waals surface area (Å²) in [7, 11) is 1.45. The molecule has 3 N–H and O–H groups in total. The molecule has 1 atom stereocenters. The van der Waals surface area contributed by atoms with Crippen LogP contribution in [0.15, 0.2) is 63.9 Å². The van der Waals surface area contributed by atoms with Crippen molar-refractivity contribution in [2.24, 2.45) is 4.99 Å². The van der Waals surface area contributed by atoms with Gasteiger partial charge in [0.05, 0.1) is 25.5 Å². The third-order valence-corrected chi connectivity index (χ3v) is 5.16. The normalized spacial score (nSPS) is 14.5. The molecule has 2 amide bonds. The largest absolute Gasteiger partial charge is 0.488 e. The van der Waals surface area contributed by atoms with Crippen LogP contribution in [0, 0.1) is 0 Å². The number of nitrogens with zero attached hydrogens (tertiary/aromatic N) is 5. The van der Waals surface area contributed by atoms with E-state index in [0.717, 1.165) is 5.57 Å². The van der Waals surface area contributed by atoms with Crippen molar-refractivity contribution < 1.29 is 28.7 Å². The lowest BCUT2D eigenvalue weighted by Gasteiger charge is -2.15.